The summed E-state index contributed by atoms with van der Waals surface area (Å²) < 4.78 is 59.1. The molecule has 1 heterocycles. The first-order valence-electron chi connectivity index (χ1n) is 10.5. The van der Waals surface area contributed by atoms with Gasteiger partial charge in [-0.05, 0) is 79.7 Å². The van der Waals surface area contributed by atoms with Crippen molar-refractivity contribution >= 4 is 5.69 Å². The number of likely N-dealkylation sites (tertiary alicyclic amines) is 1. The highest BCUT2D eigenvalue weighted by molar-refractivity contribution is 5.47. The van der Waals surface area contributed by atoms with E-state index in [4.69, 9.17) is 10.5 Å². The Morgan fingerprint density at radius 3 is 2.22 bits per heavy atom. The van der Waals surface area contributed by atoms with Crippen molar-refractivity contribution in [3.05, 3.63) is 88.5 Å². The minimum absolute atomic E-state index is 0.193. The summed E-state index contributed by atoms with van der Waals surface area (Å²) >= 11 is 0. The zero-order chi connectivity index (χ0) is 22.8. The zero-order valence-corrected chi connectivity index (χ0v) is 17.7. The normalized spacial score (nSPS) is 15.2. The molecule has 2 N–H and O–H groups in total. The molecule has 3 aromatic rings. The molecule has 0 radical (unpaired) electrons. The minimum Gasteiger partial charge on any atom is -0.454 e. The molecule has 168 valence electrons. The van der Waals surface area contributed by atoms with Gasteiger partial charge in [-0.15, -0.1) is 0 Å². The average molecular weight is 444 g/mol. The second-order valence-electron chi connectivity index (χ2n) is 8.22. The lowest BCUT2D eigenvalue weighted by Gasteiger charge is -2.33. The first-order chi connectivity index (χ1) is 15.3. The highest BCUT2D eigenvalue weighted by Crippen LogP contribution is 2.33. The second kappa shape index (κ2) is 9.20. The van der Waals surface area contributed by atoms with Crippen molar-refractivity contribution in [1.29, 1.82) is 0 Å². The number of aryl methyl sites for hydroxylation is 1. The summed E-state index contributed by atoms with van der Waals surface area (Å²) in [6.45, 7) is 4.47. The molecule has 1 saturated heterocycles. The Hall–Kier alpha value is -3.06. The Morgan fingerprint density at radius 1 is 0.875 bits per heavy atom. The third-order valence-electron chi connectivity index (χ3n) is 5.94. The van der Waals surface area contributed by atoms with Crippen LogP contribution in [0.5, 0.6) is 11.5 Å². The van der Waals surface area contributed by atoms with Gasteiger partial charge in [-0.1, -0.05) is 12.1 Å². The molecule has 0 aliphatic carbocycles. The summed E-state index contributed by atoms with van der Waals surface area (Å²) in [5.74, 6) is -3.43. The van der Waals surface area contributed by atoms with Crippen LogP contribution < -0.4 is 10.5 Å². The van der Waals surface area contributed by atoms with Crippen molar-refractivity contribution in [3.8, 4) is 11.5 Å². The van der Waals surface area contributed by atoms with Crippen molar-refractivity contribution in [2.24, 2.45) is 0 Å². The molecule has 0 spiro atoms. The van der Waals surface area contributed by atoms with Crippen LogP contribution in [0.2, 0.25) is 0 Å². The van der Waals surface area contributed by atoms with Crippen LogP contribution in [0.4, 0.5) is 23.2 Å². The molecule has 0 bridgehead atoms. The fourth-order valence-corrected chi connectivity index (χ4v) is 4.18. The lowest BCUT2D eigenvalue weighted by Crippen LogP contribution is -2.32. The van der Waals surface area contributed by atoms with Gasteiger partial charge in [-0.3, -0.25) is 4.90 Å². The lowest BCUT2D eigenvalue weighted by molar-refractivity contribution is 0.204. The van der Waals surface area contributed by atoms with Crippen LogP contribution in [-0.2, 0) is 6.54 Å². The number of hydrogen-bond donors (Lipinski definition) is 1. The van der Waals surface area contributed by atoms with Crippen molar-refractivity contribution in [3.63, 3.8) is 0 Å². The number of ether oxygens (including phenoxy) is 1. The number of hydrogen-bond acceptors (Lipinski definition) is 3. The first kappa shape index (κ1) is 22.1. The van der Waals surface area contributed by atoms with Gasteiger partial charge in [-0.2, -0.15) is 0 Å². The molecule has 0 aromatic heterocycles. The van der Waals surface area contributed by atoms with Gasteiger partial charge in [0.1, 0.15) is 11.6 Å². The van der Waals surface area contributed by atoms with E-state index < -0.39 is 17.5 Å². The van der Waals surface area contributed by atoms with Crippen molar-refractivity contribution in [2.75, 3.05) is 18.8 Å². The number of anilines is 1. The van der Waals surface area contributed by atoms with Crippen molar-refractivity contribution in [2.45, 2.75) is 32.2 Å². The number of nitrogens with two attached hydrogens (primary N) is 1. The van der Waals surface area contributed by atoms with Crippen LogP contribution in [0.3, 0.4) is 0 Å². The predicted molar refractivity (Wildman–Crippen MR) is 116 cm³/mol. The molecule has 32 heavy (non-hydrogen) atoms. The average Bonchev–Trinajstić information content (AvgIpc) is 2.76. The molecule has 1 fully saturated rings. The first-order valence-corrected chi connectivity index (χ1v) is 10.5. The van der Waals surface area contributed by atoms with Gasteiger partial charge >= 0.3 is 0 Å². The summed E-state index contributed by atoms with van der Waals surface area (Å²) in [5.41, 5.74) is 9.06. The third-order valence-corrected chi connectivity index (χ3v) is 5.94. The third kappa shape index (κ3) is 4.88. The van der Waals surface area contributed by atoms with E-state index >= 15 is 0 Å². The van der Waals surface area contributed by atoms with Gasteiger partial charge in [0.05, 0.1) is 5.69 Å². The fraction of sp³-hybridized carbons (Fsp3) is 0.280. The summed E-state index contributed by atoms with van der Waals surface area (Å²) in [7, 11) is 0. The van der Waals surface area contributed by atoms with Crippen LogP contribution in [-0.4, -0.2) is 18.0 Å². The largest absolute Gasteiger partial charge is 0.454 e. The minimum atomic E-state index is -1.26. The summed E-state index contributed by atoms with van der Waals surface area (Å²) in [6.07, 6.45) is 1.92. The topological polar surface area (TPSA) is 38.5 Å². The Bertz CT molecular complexity index is 1110. The number of piperidine rings is 1. The number of nitrogens with zero attached hydrogens (tertiary/aromatic N) is 1. The van der Waals surface area contributed by atoms with Crippen LogP contribution in [0.15, 0.2) is 48.5 Å². The molecular weight excluding hydrogens is 420 g/mol. The van der Waals surface area contributed by atoms with E-state index in [1.807, 2.05) is 19.1 Å². The number of nitrogen functional groups attached to an aromatic ring is 1. The van der Waals surface area contributed by atoms with Crippen LogP contribution in [0.1, 0.15) is 35.4 Å². The summed E-state index contributed by atoms with van der Waals surface area (Å²) in [6, 6.07) is 11.5. The summed E-state index contributed by atoms with van der Waals surface area (Å²) in [4.78, 5) is 2.34. The maximum absolute atomic E-state index is 13.8. The van der Waals surface area contributed by atoms with Gasteiger partial charge in [-0.25, -0.2) is 17.6 Å². The lowest BCUT2D eigenvalue weighted by atomic mass is 9.86. The molecule has 3 nitrogen and oxygen atoms in total. The van der Waals surface area contributed by atoms with E-state index in [0.29, 0.717) is 23.8 Å². The van der Waals surface area contributed by atoms with Crippen LogP contribution >= 0.6 is 0 Å². The molecule has 0 amide bonds. The fourth-order valence-electron chi connectivity index (χ4n) is 4.18. The predicted octanol–water partition coefficient (Wildman–Crippen LogP) is 6.31. The Labute approximate surface area is 184 Å². The molecule has 4 rings (SSSR count). The molecule has 7 heteroatoms. The van der Waals surface area contributed by atoms with Crippen molar-refractivity contribution in [1.82, 2.24) is 4.90 Å². The van der Waals surface area contributed by atoms with E-state index in [1.54, 1.807) is 18.2 Å². The van der Waals surface area contributed by atoms with Gasteiger partial charge in [0.15, 0.2) is 23.2 Å². The zero-order valence-electron chi connectivity index (χ0n) is 17.7. The Morgan fingerprint density at radius 2 is 1.53 bits per heavy atom. The van der Waals surface area contributed by atoms with Gasteiger partial charge in [0, 0.05) is 18.7 Å². The highest BCUT2D eigenvalue weighted by Gasteiger charge is 2.23. The van der Waals surface area contributed by atoms with Crippen molar-refractivity contribution < 1.29 is 22.3 Å². The molecular formula is C25H24F4N2O. The van der Waals surface area contributed by atoms with Crippen LogP contribution in [0.25, 0.3) is 0 Å². The molecule has 3 aromatic carbocycles. The second-order valence-corrected chi connectivity index (χ2v) is 8.22. The molecule has 1 aliphatic rings. The molecule has 1 aliphatic heterocycles. The van der Waals surface area contributed by atoms with Gasteiger partial charge in [0.25, 0.3) is 0 Å². The van der Waals surface area contributed by atoms with E-state index in [-0.39, 0.29) is 17.3 Å². The van der Waals surface area contributed by atoms with E-state index in [1.165, 1.54) is 6.07 Å². The van der Waals surface area contributed by atoms with Gasteiger partial charge in [0.2, 0.25) is 0 Å². The monoisotopic (exact) mass is 444 g/mol. The highest BCUT2D eigenvalue weighted by atomic mass is 19.2. The maximum Gasteiger partial charge on any atom is 0.168 e. The summed E-state index contributed by atoms with van der Waals surface area (Å²) in [5, 5.41) is 0. The van der Waals surface area contributed by atoms with Gasteiger partial charge < -0.3 is 10.5 Å². The molecule has 0 unspecified atom stereocenters. The maximum atomic E-state index is 13.8. The van der Waals surface area contributed by atoms with Crippen LogP contribution in [0, 0.1) is 30.2 Å². The Balaban J connectivity index is 1.34. The smallest absolute Gasteiger partial charge is 0.168 e. The quantitative estimate of drug-likeness (QED) is 0.285. The SMILES string of the molecule is Cc1cc(F)c(N)cc1C1CCN(Cc2ccc(Oc3cc(F)c(F)cc3F)cc2)CC1. The Kier molecular flexibility index (Phi) is 6.37. The number of benzene rings is 3. The van der Waals surface area contributed by atoms with E-state index in [9.17, 15) is 17.6 Å². The standard InChI is InChI=1S/C25H24F4N2O/c1-15-10-22(28)24(30)11-19(15)17-6-8-31(9-7-17)14-16-2-4-18(5-3-16)32-25-13-21(27)20(26)12-23(25)29/h2-5,10-13,17H,6-9,14,30H2,1H3. The number of halogens is 4. The van der Waals surface area contributed by atoms with E-state index in [0.717, 1.165) is 49.2 Å². The van der Waals surface area contributed by atoms with E-state index in [2.05, 4.69) is 4.90 Å². The number of rotatable bonds is 5. The molecule has 0 atom stereocenters. The molecule has 0 saturated carbocycles.